The minimum atomic E-state index is -1.14. The molecule has 2 heterocycles. The maximum Gasteiger partial charge on any atom is 0.255 e. The molecule has 1 aliphatic rings. The molecule has 152 valence electrons. The van der Waals surface area contributed by atoms with Crippen LogP contribution in [0.1, 0.15) is 39.3 Å². The summed E-state index contributed by atoms with van der Waals surface area (Å²) in [6.45, 7) is 2.25. The van der Waals surface area contributed by atoms with Crippen molar-refractivity contribution >= 4 is 11.8 Å². The van der Waals surface area contributed by atoms with Crippen molar-refractivity contribution in [2.75, 3.05) is 7.11 Å². The molecule has 3 aromatic rings. The van der Waals surface area contributed by atoms with Crippen molar-refractivity contribution in [1.29, 1.82) is 0 Å². The average molecular weight is 401 g/mol. The van der Waals surface area contributed by atoms with Crippen LogP contribution in [0.3, 0.4) is 0 Å². The number of nitrogens with two attached hydrogens (primary N) is 1. The van der Waals surface area contributed by atoms with Crippen molar-refractivity contribution < 1.29 is 14.3 Å². The Bertz CT molecular complexity index is 1110. The van der Waals surface area contributed by atoms with E-state index in [9.17, 15) is 9.59 Å². The van der Waals surface area contributed by atoms with Crippen LogP contribution in [-0.2, 0) is 16.9 Å². The van der Waals surface area contributed by atoms with Crippen LogP contribution >= 0.6 is 0 Å². The number of methoxy groups -OCH3 is 1. The number of hydrogen-bond acceptors (Lipinski definition) is 4. The van der Waals surface area contributed by atoms with Crippen LogP contribution in [0.4, 0.5) is 0 Å². The lowest BCUT2D eigenvalue weighted by Crippen LogP contribution is -2.50. The predicted octanol–water partition coefficient (Wildman–Crippen LogP) is 3.17. The number of carbonyl (C=O) groups is 2. The smallest absolute Gasteiger partial charge is 0.255 e. The molecule has 6 nitrogen and oxygen atoms in total. The highest BCUT2D eigenvalue weighted by Gasteiger charge is 2.48. The monoisotopic (exact) mass is 401 g/mol. The molecular formula is C24H23N3O3. The van der Waals surface area contributed by atoms with Gasteiger partial charge in [-0.05, 0) is 48.4 Å². The molecule has 1 aliphatic heterocycles. The normalized spacial score (nSPS) is 14.9. The van der Waals surface area contributed by atoms with E-state index in [0.29, 0.717) is 23.6 Å². The van der Waals surface area contributed by atoms with Crippen LogP contribution < -0.4 is 10.5 Å². The molecule has 2 amide bonds. The molecule has 0 aliphatic carbocycles. The number of fused-ring (bicyclic) bond motifs is 1. The minimum Gasteiger partial charge on any atom is -0.497 e. The van der Waals surface area contributed by atoms with E-state index in [0.717, 1.165) is 16.8 Å². The van der Waals surface area contributed by atoms with Gasteiger partial charge < -0.3 is 15.4 Å². The summed E-state index contributed by atoms with van der Waals surface area (Å²) >= 11 is 0. The molecule has 0 radical (unpaired) electrons. The van der Waals surface area contributed by atoms with Crippen molar-refractivity contribution in [2.24, 2.45) is 5.73 Å². The van der Waals surface area contributed by atoms with E-state index >= 15 is 0 Å². The zero-order valence-corrected chi connectivity index (χ0v) is 17.0. The lowest BCUT2D eigenvalue weighted by atomic mass is 9.80. The number of nitrogens with zero attached hydrogens (tertiary/aromatic N) is 2. The Kier molecular flexibility index (Phi) is 4.99. The van der Waals surface area contributed by atoms with Gasteiger partial charge >= 0.3 is 0 Å². The zero-order valence-electron chi connectivity index (χ0n) is 17.0. The van der Waals surface area contributed by atoms with Crippen molar-refractivity contribution in [3.63, 3.8) is 0 Å². The summed E-state index contributed by atoms with van der Waals surface area (Å²) < 4.78 is 5.30. The van der Waals surface area contributed by atoms with E-state index < -0.39 is 11.4 Å². The number of amides is 2. The van der Waals surface area contributed by atoms with Gasteiger partial charge in [0.25, 0.3) is 5.91 Å². The standard InChI is InChI=1S/C24H23N3O3/c1-16-6-5-9-21(26-16)24(14-22(25)28,18-10-12-19(30-2)13-11-18)27-15-17-7-3-4-8-20(17)23(27)29/h3-13H,14-15H2,1-2H3,(H2,25,28). The number of hydrogen-bond donors (Lipinski definition) is 1. The first-order chi connectivity index (χ1) is 14.5. The van der Waals surface area contributed by atoms with Crippen molar-refractivity contribution in [3.8, 4) is 5.75 Å². The Hall–Kier alpha value is -3.67. The Morgan fingerprint density at radius 1 is 1.10 bits per heavy atom. The number of rotatable bonds is 6. The Labute approximate surface area is 175 Å². The third kappa shape index (κ3) is 3.20. The molecule has 0 bridgehead atoms. The first-order valence-corrected chi connectivity index (χ1v) is 9.72. The molecule has 4 rings (SSSR count). The molecule has 2 N–H and O–H groups in total. The summed E-state index contributed by atoms with van der Waals surface area (Å²) in [7, 11) is 1.59. The summed E-state index contributed by atoms with van der Waals surface area (Å²) in [5.74, 6) is 0.0174. The van der Waals surface area contributed by atoms with E-state index in [-0.39, 0.29) is 12.3 Å². The van der Waals surface area contributed by atoms with Gasteiger partial charge in [0.05, 0.1) is 19.2 Å². The Morgan fingerprint density at radius 2 is 1.83 bits per heavy atom. The van der Waals surface area contributed by atoms with Crippen molar-refractivity contribution in [1.82, 2.24) is 9.88 Å². The minimum absolute atomic E-state index is 0.0878. The SMILES string of the molecule is COc1ccc(C(CC(N)=O)(c2cccc(C)n2)N2Cc3ccccc3C2=O)cc1. The lowest BCUT2D eigenvalue weighted by molar-refractivity contribution is -0.120. The van der Waals surface area contributed by atoms with Gasteiger partial charge in [0, 0.05) is 17.8 Å². The molecule has 0 saturated carbocycles. The van der Waals surface area contributed by atoms with Crippen molar-refractivity contribution in [2.45, 2.75) is 25.4 Å². The Morgan fingerprint density at radius 3 is 2.47 bits per heavy atom. The summed E-state index contributed by atoms with van der Waals surface area (Å²) in [4.78, 5) is 32.3. The molecule has 2 aromatic carbocycles. The van der Waals surface area contributed by atoms with Crippen LogP contribution in [0.25, 0.3) is 0 Å². The largest absolute Gasteiger partial charge is 0.497 e. The van der Waals surface area contributed by atoms with Crippen LogP contribution in [0, 0.1) is 6.92 Å². The molecule has 30 heavy (non-hydrogen) atoms. The van der Waals surface area contributed by atoms with Crippen LogP contribution in [-0.4, -0.2) is 28.8 Å². The summed E-state index contributed by atoms with van der Waals surface area (Å²) in [5, 5.41) is 0. The lowest BCUT2D eigenvalue weighted by Gasteiger charge is -2.41. The predicted molar refractivity (Wildman–Crippen MR) is 113 cm³/mol. The summed E-state index contributed by atoms with van der Waals surface area (Å²) in [6.07, 6.45) is -0.0878. The number of aryl methyl sites for hydroxylation is 1. The van der Waals surface area contributed by atoms with Gasteiger partial charge in [-0.15, -0.1) is 0 Å². The third-order valence-corrected chi connectivity index (χ3v) is 5.59. The van der Waals surface area contributed by atoms with Gasteiger partial charge in [0.15, 0.2) is 0 Å². The molecule has 6 heteroatoms. The van der Waals surface area contributed by atoms with Crippen molar-refractivity contribution in [3.05, 3.63) is 94.8 Å². The topological polar surface area (TPSA) is 85.5 Å². The first-order valence-electron chi connectivity index (χ1n) is 9.72. The van der Waals surface area contributed by atoms with Gasteiger partial charge in [-0.2, -0.15) is 0 Å². The maximum absolute atomic E-state index is 13.5. The van der Waals surface area contributed by atoms with Gasteiger partial charge in [0.2, 0.25) is 5.91 Å². The number of carbonyl (C=O) groups excluding carboxylic acids is 2. The fourth-order valence-corrected chi connectivity index (χ4v) is 4.18. The summed E-state index contributed by atoms with van der Waals surface area (Å²) in [5.41, 5.74) is 8.29. The molecule has 1 aromatic heterocycles. The molecular weight excluding hydrogens is 378 g/mol. The second-order valence-corrected chi connectivity index (χ2v) is 7.44. The molecule has 0 fully saturated rings. The van der Waals surface area contributed by atoms with Crippen LogP contribution in [0.2, 0.25) is 0 Å². The number of aromatic nitrogens is 1. The van der Waals surface area contributed by atoms with E-state index in [4.69, 9.17) is 15.5 Å². The molecule has 0 spiro atoms. The van der Waals surface area contributed by atoms with Gasteiger partial charge in [-0.3, -0.25) is 14.6 Å². The number of primary amides is 1. The third-order valence-electron chi connectivity index (χ3n) is 5.59. The summed E-state index contributed by atoms with van der Waals surface area (Å²) in [6, 6.07) is 20.4. The van der Waals surface area contributed by atoms with Crippen LogP contribution in [0.15, 0.2) is 66.7 Å². The number of ether oxygens (including phenoxy) is 1. The molecule has 0 saturated heterocycles. The fourth-order valence-electron chi connectivity index (χ4n) is 4.18. The molecule has 1 atom stereocenters. The number of pyridine rings is 1. The second kappa shape index (κ2) is 7.63. The highest BCUT2D eigenvalue weighted by molar-refractivity contribution is 5.99. The average Bonchev–Trinajstić information content (AvgIpc) is 3.09. The van der Waals surface area contributed by atoms with Crippen LogP contribution in [0.5, 0.6) is 5.75 Å². The fraction of sp³-hybridized carbons (Fsp3) is 0.208. The zero-order chi connectivity index (χ0) is 21.3. The van der Waals surface area contributed by atoms with Gasteiger partial charge in [-0.25, -0.2) is 0 Å². The van der Waals surface area contributed by atoms with Gasteiger partial charge in [0.1, 0.15) is 11.3 Å². The highest BCUT2D eigenvalue weighted by Crippen LogP contribution is 2.43. The maximum atomic E-state index is 13.5. The van der Waals surface area contributed by atoms with E-state index in [1.807, 2.05) is 73.7 Å². The number of benzene rings is 2. The quantitative estimate of drug-likeness (QED) is 0.687. The van der Waals surface area contributed by atoms with Gasteiger partial charge in [-0.1, -0.05) is 36.4 Å². The second-order valence-electron chi connectivity index (χ2n) is 7.44. The van der Waals surface area contributed by atoms with E-state index in [1.54, 1.807) is 12.0 Å². The molecule has 1 unspecified atom stereocenters. The van der Waals surface area contributed by atoms with E-state index in [2.05, 4.69) is 0 Å². The van der Waals surface area contributed by atoms with E-state index in [1.165, 1.54) is 0 Å². The first kappa shape index (κ1) is 19.6. The Balaban J connectivity index is 1.97. The highest BCUT2D eigenvalue weighted by atomic mass is 16.5.